The third-order valence-electron chi connectivity index (χ3n) is 2.37. The van der Waals surface area contributed by atoms with Gasteiger partial charge in [-0.25, -0.2) is 0 Å². The van der Waals surface area contributed by atoms with E-state index in [1.807, 2.05) is 25.1 Å². The summed E-state index contributed by atoms with van der Waals surface area (Å²) in [6, 6.07) is 8.02. The van der Waals surface area contributed by atoms with Gasteiger partial charge in [0.15, 0.2) is 0 Å². The summed E-state index contributed by atoms with van der Waals surface area (Å²) in [6.07, 6.45) is 1.58. The number of benzene rings is 1. The molecule has 17 heavy (non-hydrogen) atoms. The number of aromatic nitrogens is 1. The van der Waals surface area contributed by atoms with Gasteiger partial charge in [0.2, 0.25) is 0 Å². The monoisotopic (exact) mass is 233 g/mol. The molecule has 0 radical (unpaired) electrons. The molecule has 0 amide bonds. The molecule has 0 spiro atoms. The lowest BCUT2D eigenvalue weighted by Crippen LogP contribution is -2.08. The summed E-state index contributed by atoms with van der Waals surface area (Å²) in [5.41, 5.74) is 1.51. The van der Waals surface area contributed by atoms with Crippen LogP contribution in [0.3, 0.4) is 0 Å². The topological polar surface area (TPSA) is 16.1 Å². The number of nitrogens with zero attached hydrogens (tertiary/aromatic N) is 2. The van der Waals surface area contributed by atoms with Gasteiger partial charge in [-0.05, 0) is 11.8 Å². The van der Waals surface area contributed by atoms with E-state index in [2.05, 4.69) is 11.1 Å². The highest BCUT2D eigenvalue weighted by molar-refractivity contribution is 5.64. The number of hydrogen-bond donors (Lipinski definition) is 0. The van der Waals surface area contributed by atoms with Crippen LogP contribution in [-0.2, 0) is 0 Å². The maximum absolute atomic E-state index is 13.5. The molecule has 0 aliphatic carbocycles. The molecule has 1 aromatic carbocycles. The predicted molar refractivity (Wildman–Crippen MR) is 62.8 cm³/mol. The van der Waals surface area contributed by atoms with Gasteiger partial charge in [-0.15, -0.1) is 12.1 Å². The smallest absolute Gasteiger partial charge is 0.0408 e. The molecular weight excluding hydrogens is 222 g/mol. The molecule has 0 N–H and O–H groups in total. The van der Waals surface area contributed by atoms with Crippen molar-refractivity contribution in [1.82, 2.24) is 4.98 Å². The fourth-order valence-electron chi connectivity index (χ4n) is 1.48. The first-order chi connectivity index (χ1) is 8.08. The second-order valence-electron chi connectivity index (χ2n) is 3.83. The van der Waals surface area contributed by atoms with Gasteiger partial charge in [0.25, 0.3) is 0 Å². The summed E-state index contributed by atoms with van der Waals surface area (Å²) < 4.78 is 26.3. The predicted octanol–water partition coefficient (Wildman–Crippen LogP) is 2.89. The Bertz CT molecular complexity index is 539. The molecular formula is C13H11F2N2-. The Morgan fingerprint density at radius 3 is 2.65 bits per heavy atom. The van der Waals surface area contributed by atoms with Gasteiger partial charge in [-0.3, -0.25) is 8.78 Å². The van der Waals surface area contributed by atoms with Crippen molar-refractivity contribution in [3.8, 4) is 11.3 Å². The second-order valence-corrected chi connectivity index (χ2v) is 3.83. The summed E-state index contributed by atoms with van der Waals surface area (Å²) in [4.78, 5) is 5.94. The molecule has 0 unspecified atom stereocenters. The summed E-state index contributed by atoms with van der Waals surface area (Å²) >= 11 is 0. The van der Waals surface area contributed by atoms with Crippen molar-refractivity contribution in [1.29, 1.82) is 0 Å². The minimum Gasteiger partial charge on any atom is -0.378 e. The van der Waals surface area contributed by atoms with E-state index >= 15 is 0 Å². The highest BCUT2D eigenvalue weighted by Gasteiger charge is 2.01. The first-order valence-electron chi connectivity index (χ1n) is 5.08. The van der Waals surface area contributed by atoms with E-state index in [0.29, 0.717) is 5.69 Å². The van der Waals surface area contributed by atoms with Crippen LogP contribution < -0.4 is 4.90 Å². The molecule has 0 fully saturated rings. The summed E-state index contributed by atoms with van der Waals surface area (Å²) in [5.74, 6) is -1.30. The molecule has 0 saturated carbocycles. The Labute approximate surface area is 98.5 Å². The van der Waals surface area contributed by atoms with Gasteiger partial charge >= 0.3 is 0 Å². The fraction of sp³-hybridized carbons (Fsp3) is 0.154. The number of anilines is 1. The minimum atomic E-state index is -0.659. The fourth-order valence-corrected chi connectivity index (χ4v) is 1.48. The van der Waals surface area contributed by atoms with Crippen molar-refractivity contribution in [2.45, 2.75) is 0 Å². The van der Waals surface area contributed by atoms with Gasteiger partial charge < -0.3 is 9.88 Å². The third-order valence-corrected chi connectivity index (χ3v) is 2.37. The third kappa shape index (κ3) is 2.41. The van der Waals surface area contributed by atoms with Crippen LogP contribution in [0.25, 0.3) is 11.3 Å². The zero-order valence-electron chi connectivity index (χ0n) is 9.54. The lowest BCUT2D eigenvalue weighted by Gasteiger charge is -2.16. The number of halogens is 2. The van der Waals surface area contributed by atoms with Crippen LogP contribution in [0.15, 0.2) is 30.5 Å². The Morgan fingerprint density at radius 1 is 1.24 bits per heavy atom. The van der Waals surface area contributed by atoms with Crippen molar-refractivity contribution < 1.29 is 8.78 Å². The molecule has 0 bridgehead atoms. The average Bonchev–Trinajstić information content (AvgIpc) is 2.29. The van der Waals surface area contributed by atoms with Crippen molar-refractivity contribution in [3.05, 3.63) is 48.2 Å². The molecule has 0 saturated heterocycles. The zero-order chi connectivity index (χ0) is 12.4. The molecule has 2 rings (SSSR count). The molecule has 1 heterocycles. The van der Waals surface area contributed by atoms with Crippen LogP contribution in [0.2, 0.25) is 0 Å². The van der Waals surface area contributed by atoms with E-state index in [1.165, 1.54) is 0 Å². The number of hydrogen-bond acceptors (Lipinski definition) is 2. The van der Waals surface area contributed by atoms with Crippen LogP contribution in [-0.4, -0.2) is 19.1 Å². The first-order valence-corrected chi connectivity index (χ1v) is 5.08. The van der Waals surface area contributed by atoms with E-state index in [1.54, 1.807) is 12.3 Å². The highest BCUT2D eigenvalue weighted by Crippen LogP contribution is 2.23. The summed E-state index contributed by atoms with van der Waals surface area (Å²) in [5, 5.41) is 0. The lowest BCUT2D eigenvalue weighted by molar-refractivity contribution is 0.585. The second kappa shape index (κ2) is 4.49. The highest BCUT2D eigenvalue weighted by atomic mass is 19.1. The Kier molecular flexibility index (Phi) is 3.04. The van der Waals surface area contributed by atoms with E-state index in [9.17, 15) is 8.78 Å². The maximum Gasteiger partial charge on any atom is 0.0408 e. The van der Waals surface area contributed by atoms with Gasteiger partial charge in [-0.2, -0.15) is 0 Å². The molecule has 2 nitrogen and oxygen atoms in total. The van der Waals surface area contributed by atoms with Crippen molar-refractivity contribution in [2.75, 3.05) is 19.0 Å². The Morgan fingerprint density at radius 2 is 2.00 bits per heavy atom. The molecule has 88 valence electrons. The van der Waals surface area contributed by atoms with Crippen LogP contribution in [0, 0.1) is 17.7 Å². The van der Waals surface area contributed by atoms with Crippen LogP contribution in [0.5, 0.6) is 0 Å². The Balaban J connectivity index is 2.49. The van der Waals surface area contributed by atoms with Crippen molar-refractivity contribution in [3.63, 3.8) is 0 Å². The van der Waals surface area contributed by atoms with E-state index in [-0.39, 0.29) is 5.56 Å². The molecule has 0 atom stereocenters. The van der Waals surface area contributed by atoms with E-state index < -0.39 is 11.6 Å². The molecule has 0 aliphatic heterocycles. The average molecular weight is 233 g/mol. The van der Waals surface area contributed by atoms with Gasteiger partial charge in [-0.1, -0.05) is 17.7 Å². The standard InChI is InChI=1S/C13H11F2N2/c1-17(2)10-5-6-16-13(8-10)11-4-3-9(14)7-12(11)15/h3,5-8H,1-2H3/q-1. The van der Waals surface area contributed by atoms with Crippen molar-refractivity contribution in [2.24, 2.45) is 0 Å². The molecule has 0 aliphatic rings. The number of pyridine rings is 1. The Hall–Kier alpha value is -1.97. The maximum atomic E-state index is 13.5. The first kappa shape index (κ1) is 11.5. The SMILES string of the molecule is CN(C)c1ccnc(-c2[c-]cc(F)cc2F)c1. The van der Waals surface area contributed by atoms with E-state index in [0.717, 1.165) is 17.8 Å². The number of rotatable bonds is 2. The van der Waals surface area contributed by atoms with Crippen LogP contribution in [0.1, 0.15) is 0 Å². The molecule has 2 aromatic rings. The summed E-state index contributed by atoms with van der Waals surface area (Å²) in [7, 11) is 3.76. The van der Waals surface area contributed by atoms with Crippen molar-refractivity contribution >= 4 is 5.69 Å². The zero-order valence-corrected chi connectivity index (χ0v) is 9.54. The molecule has 1 aromatic heterocycles. The normalized spacial score (nSPS) is 10.4. The molecule has 4 heteroatoms. The minimum absolute atomic E-state index is 0.176. The lowest BCUT2D eigenvalue weighted by atomic mass is 10.1. The van der Waals surface area contributed by atoms with Crippen LogP contribution >= 0.6 is 0 Å². The van der Waals surface area contributed by atoms with E-state index in [4.69, 9.17) is 0 Å². The summed E-state index contributed by atoms with van der Waals surface area (Å²) in [6.45, 7) is 0. The largest absolute Gasteiger partial charge is 0.378 e. The van der Waals surface area contributed by atoms with Crippen LogP contribution in [0.4, 0.5) is 14.5 Å². The quantitative estimate of drug-likeness (QED) is 0.741. The van der Waals surface area contributed by atoms with Gasteiger partial charge in [0, 0.05) is 37.6 Å². The van der Waals surface area contributed by atoms with Gasteiger partial charge in [0.1, 0.15) is 0 Å². The van der Waals surface area contributed by atoms with Gasteiger partial charge in [0.05, 0.1) is 0 Å².